The maximum atomic E-state index is 6.39. The predicted molar refractivity (Wildman–Crippen MR) is 93.5 cm³/mol. The number of benzene rings is 1. The molecule has 2 aliphatic carbocycles. The number of hydrogen-bond donors (Lipinski definition) is 2. The average Bonchev–Trinajstić information content (AvgIpc) is 2.94. The topological polar surface area (TPSA) is 27.8 Å². The van der Waals surface area contributed by atoms with Crippen LogP contribution in [0.15, 0.2) is 24.4 Å². The van der Waals surface area contributed by atoms with Gasteiger partial charge in [-0.3, -0.25) is 0 Å². The molecule has 2 aromatic rings. The van der Waals surface area contributed by atoms with E-state index in [0.29, 0.717) is 17.4 Å². The lowest BCUT2D eigenvalue weighted by Gasteiger charge is -2.21. The summed E-state index contributed by atoms with van der Waals surface area (Å²) in [6.07, 6.45) is 4.84. The van der Waals surface area contributed by atoms with Crippen LogP contribution in [0.2, 0.25) is 5.02 Å². The van der Waals surface area contributed by atoms with Gasteiger partial charge >= 0.3 is 0 Å². The van der Waals surface area contributed by atoms with Gasteiger partial charge in [0.2, 0.25) is 0 Å². The summed E-state index contributed by atoms with van der Waals surface area (Å²) in [5.74, 6) is 2.39. The number of fused-ring (bicyclic) bond motifs is 2. The molecule has 2 nitrogen and oxygen atoms in total. The molecule has 118 valence electrons. The Kier molecular flexibility index (Phi) is 3.32. The number of aromatic nitrogens is 1. The van der Waals surface area contributed by atoms with Crippen LogP contribution in [0.25, 0.3) is 10.9 Å². The van der Waals surface area contributed by atoms with E-state index in [0.717, 1.165) is 28.9 Å². The Balaban J connectivity index is 1.41. The molecular formula is C19H25ClN2. The average molecular weight is 317 g/mol. The van der Waals surface area contributed by atoms with Crippen LogP contribution in [0.1, 0.15) is 45.1 Å². The maximum absolute atomic E-state index is 6.39. The highest BCUT2D eigenvalue weighted by Crippen LogP contribution is 2.66. The van der Waals surface area contributed by atoms with Crippen LogP contribution in [0, 0.1) is 17.3 Å². The molecule has 0 amide bonds. The van der Waals surface area contributed by atoms with Crippen molar-refractivity contribution in [3.8, 4) is 0 Å². The van der Waals surface area contributed by atoms with E-state index in [4.69, 9.17) is 11.6 Å². The summed E-state index contributed by atoms with van der Waals surface area (Å²) in [4.78, 5) is 3.35. The fourth-order valence-electron chi connectivity index (χ4n) is 4.68. The SMILES string of the molecule is CC(CNC1C[C@@H]2[C@H](C1)C2(C)C)c1c[nH]c2cccc(Cl)c12. The number of aromatic amines is 1. The van der Waals surface area contributed by atoms with Crippen molar-refractivity contribution in [2.75, 3.05) is 6.54 Å². The van der Waals surface area contributed by atoms with Crippen molar-refractivity contribution in [3.05, 3.63) is 35.0 Å². The van der Waals surface area contributed by atoms with Crippen molar-refractivity contribution in [1.29, 1.82) is 0 Å². The standard InChI is InChI=1S/C19H25ClN2/c1-11(9-21-12-7-14-15(8-12)19(14,2)3)13-10-22-17-6-4-5-16(20)18(13)17/h4-6,10-12,14-15,21-22H,7-9H2,1-3H3/t11?,12?,14-,15+. The summed E-state index contributed by atoms with van der Waals surface area (Å²) in [6, 6.07) is 6.79. The number of halogens is 1. The fourth-order valence-corrected chi connectivity index (χ4v) is 4.96. The van der Waals surface area contributed by atoms with Crippen LogP contribution in [0.4, 0.5) is 0 Å². The first-order valence-corrected chi connectivity index (χ1v) is 8.85. The van der Waals surface area contributed by atoms with Gasteiger partial charge in [0, 0.05) is 29.7 Å². The van der Waals surface area contributed by atoms with E-state index in [1.54, 1.807) is 0 Å². The molecule has 22 heavy (non-hydrogen) atoms. The van der Waals surface area contributed by atoms with Crippen molar-refractivity contribution in [3.63, 3.8) is 0 Å². The Bertz CT molecular complexity index is 689. The molecule has 2 fully saturated rings. The summed E-state index contributed by atoms with van der Waals surface area (Å²) in [6.45, 7) is 8.17. The second kappa shape index (κ2) is 5.01. The highest BCUT2D eigenvalue weighted by atomic mass is 35.5. The summed E-state index contributed by atoms with van der Waals surface area (Å²) in [5, 5.41) is 5.84. The van der Waals surface area contributed by atoms with Gasteiger partial charge in [-0.05, 0) is 53.7 Å². The first kappa shape index (κ1) is 14.6. The van der Waals surface area contributed by atoms with Gasteiger partial charge in [0.1, 0.15) is 0 Å². The third-order valence-electron chi connectivity index (χ3n) is 6.29. The van der Waals surface area contributed by atoms with E-state index in [2.05, 4.69) is 43.3 Å². The van der Waals surface area contributed by atoms with Crippen molar-refractivity contribution < 1.29 is 0 Å². The fraction of sp³-hybridized carbons (Fsp3) is 0.579. The van der Waals surface area contributed by atoms with Gasteiger partial charge in [-0.2, -0.15) is 0 Å². The molecule has 1 aromatic heterocycles. The Morgan fingerprint density at radius 2 is 2.05 bits per heavy atom. The first-order chi connectivity index (χ1) is 10.5. The van der Waals surface area contributed by atoms with E-state index >= 15 is 0 Å². The highest BCUT2D eigenvalue weighted by molar-refractivity contribution is 6.35. The van der Waals surface area contributed by atoms with Crippen LogP contribution in [0.5, 0.6) is 0 Å². The van der Waals surface area contributed by atoms with Crippen molar-refractivity contribution in [2.24, 2.45) is 17.3 Å². The van der Waals surface area contributed by atoms with Crippen LogP contribution < -0.4 is 5.32 Å². The van der Waals surface area contributed by atoms with E-state index < -0.39 is 0 Å². The number of H-pyrrole nitrogens is 1. The highest BCUT2D eigenvalue weighted by Gasteiger charge is 2.61. The molecule has 0 bridgehead atoms. The summed E-state index contributed by atoms with van der Waals surface area (Å²) >= 11 is 6.39. The minimum absolute atomic E-state index is 0.471. The molecular weight excluding hydrogens is 292 g/mol. The lowest BCUT2D eigenvalue weighted by Crippen LogP contribution is -2.32. The number of hydrogen-bond acceptors (Lipinski definition) is 1. The monoisotopic (exact) mass is 316 g/mol. The Morgan fingerprint density at radius 1 is 1.32 bits per heavy atom. The van der Waals surface area contributed by atoms with Gasteiger partial charge in [0.15, 0.2) is 0 Å². The van der Waals surface area contributed by atoms with E-state index in [1.165, 1.54) is 23.8 Å². The molecule has 1 aromatic carbocycles. The molecule has 2 saturated carbocycles. The smallest absolute Gasteiger partial charge is 0.0502 e. The van der Waals surface area contributed by atoms with Crippen LogP contribution in [-0.4, -0.2) is 17.6 Å². The zero-order chi connectivity index (χ0) is 15.5. The minimum Gasteiger partial charge on any atom is -0.361 e. The zero-order valence-electron chi connectivity index (χ0n) is 13.6. The second-order valence-corrected chi connectivity index (χ2v) is 8.33. The predicted octanol–water partition coefficient (Wildman–Crippen LogP) is 4.95. The number of nitrogens with one attached hydrogen (secondary N) is 2. The molecule has 4 atom stereocenters. The van der Waals surface area contributed by atoms with Gasteiger partial charge in [0.05, 0.1) is 5.02 Å². The van der Waals surface area contributed by atoms with Crippen molar-refractivity contribution in [2.45, 2.75) is 45.6 Å². The molecule has 1 heterocycles. The quantitative estimate of drug-likeness (QED) is 0.820. The van der Waals surface area contributed by atoms with E-state index in [9.17, 15) is 0 Å². The van der Waals surface area contributed by atoms with E-state index in [-0.39, 0.29) is 0 Å². The largest absolute Gasteiger partial charge is 0.361 e. The molecule has 0 aliphatic heterocycles. The molecule has 0 radical (unpaired) electrons. The molecule has 2 aliphatic rings. The van der Waals surface area contributed by atoms with E-state index in [1.807, 2.05) is 12.1 Å². The maximum Gasteiger partial charge on any atom is 0.0502 e. The molecule has 2 N–H and O–H groups in total. The van der Waals surface area contributed by atoms with Crippen LogP contribution in [-0.2, 0) is 0 Å². The lowest BCUT2D eigenvalue weighted by atomic mass is 9.96. The molecule has 3 heteroatoms. The Labute approximate surface area is 137 Å². The van der Waals surface area contributed by atoms with Crippen LogP contribution in [0.3, 0.4) is 0 Å². The van der Waals surface area contributed by atoms with Crippen LogP contribution >= 0.6 is 11.6 Å². The molecule has 0 spiro atoms. The zero-order valence-corrected chi connectivity index (χ0v) is 14.4. The van der Waals surface area contributed by atoms with Gasteiger partial charge in [-0.1, -0.05) is 38.4 Å². The minimum atomic E-state index is 0.471. The summed E-state index contributed by atoms with van der Waals surface area (Å²) in [5.41, 5.74) is 3.09. The van der Waals surface area contributed by atoms with Gasteiger partial charge in [0.25, 0.3) is 0 Å². The third-order valence-corrected chi connectivity index (χ3v) is 6.61. The van der Waals surface area contributed by atoms with Gasteiger partial charge < -0.3 is 10.3 Å². The third kappa shape index (κ3) is 2.19. The van der Waals surface area contributed by atoms with Gasteiger partial charge in [-0.15, -0.1) is 0 Å². The van der Waals surface area contributed by atoms with Crippen molar-refractivity contribution in [1.82, 2.24) is 10.3 Å². The molecule has 0 saturated heterocycles. The molecule has 4 rings (SSSR count). The summed E-state index contributed by atoms with van der Waals surface area (Å²) < 4.78 is 0. The van der Waals surface area contributed by atoms with Gasteiger partial charge in [-0.25, -0.2) is 0 Å². The number of rotatable bonds is 4. The second-order valence-electron chi connectivity index (χ2n) is 7.92. The normalized spacial score (nSPS) is 30.5. The Morgan fingerprint density at radius 3 is 2.77 bits per heavy atom. The Hall–Kier alpha value is -0.990. The molecule has 2 unspecified atom stereocenters. The lowest BCUT2D eigenvalue weighted by molar-refractivity contribution is 0.380. The first-order valence-electron chi connectivity index (χ1n) is 8.47. The summed E-state index contributed by atoms with van der Waals surface area (Å²) in [7, 11) is 0. The van der Waals surface area contributed by atoms with Crippen molar-refractivity contribution >= 4 is 22.5 Å².